The van der Waals surface area contributed by atoms with Crippen LogP contribution in [-0.2, 0) is 11.0 Å². The van der Waals surface area contributed by atoms with Crippen LogP contribution in [0.3, 0.4) is 0 Å². The fraction of sp³-hybridized carbons (Fsp3) is 0.300. The molecule has 0 aliphatic rings. The minimum atomic E-state index is -5.34. The highest BCUT2D eigenvalue weighted by molar-refractivity contribution is 5.74. The summed E-state index contributed by atoms with van der Waals surface area (Å²) in [5.41, 5.74) is -2.56. The average molecular weight is 304 g/mol. The normalized spacial score (nSPS) is 13.9. The molecule has 0 radical (unpaired) electrons. The lowest BCUT2D eigenvalue weighted by Crippen LogP contribution is -2.21. The van der Waals surface area contributed by atoms with Gasteiger partial charge in [0.1, 0.15) is 5.75 Å². The van der Waals surface area contributed by atoms with E-state index in [-0.39, 0.29) is 12.1 Å². The fourth-order valence-corrected chi connectivity index (χ4v) is 1.30. The maximum absolute atomic E-state index is 12.6. The van der Waals surface area contributed by atoms with Crippen molar-refractivity contribution < 1.29 is 46.1 Å². The number of alkyl halides is 6. The zero-order valence-electron chi connectivity index (χ0n) is 9.29. The molecule has 0 heterocycles. The summed E-state index contributed by atoms with van der Waals surface area (Å²) in [5.74, 6) is -3.38. The summed E-state index contributed by atoms with van der Waals surface area (Å²) < 4.78 is 76.9. The number of hydrogen-bond donors (Lipinski definition) is 2. The molecule has 2 N–H and O–H groups in total. The molecule has 0 aliphatic carbocycles. The molecule has 20 heavy (non-hydrogen) atoms. The van der Waals surface area contributed by atoms with Gasteiger partial charge in [0.2, 0.25) is 0 Å². The van der Waals surface area contributed by atoms with E-state index in [2.05, 4.69) is 4.74 Å². The van der Waals surface area contributed by atoms with Crippen molar-refractivity contribution in [3.05, 3.63) is 29.3 Å². The Morgan fingerprint density at radius 3 is 2.10 bits per heavy atom. The number of rotatable bonds is 3. The fourth-order valence-electron chi connectivity index (χ4n) is 1.30. The van der Waals surface area contributed by atoms with Crippen LogP contribution in [0.5, 0.6) is 5.75 Å². The summed E-state index contributed by atoms with van der Waals surface area (Å²) in [7, 11) is 0. The summed E-state index contributed by atoms with van der Waals surface area (Å²) in [4.78, 5) is 10.4. The molecule has 0 amide bonds. The van der Waals surface area contributed by atoms with Crippen molar-refractivity contribution in [2.45, 2.75) is 18.6 Å². The third kappa shape index (κ3) is 4.02. The van der Waals surface area contributed by atoms with Crippen LogP contribution in [-0.4, -0.2) is 22.5 Å². The van der Waals surface area contributed by atoms with Gasteiger partial charge in [-0.25, -0.2) is 4.79 Å². The predicted molar refractivity (Wildman–Crippen MR) is 50.7 cm³/mol. The maximum atomic E-state index is 12.6. The maximum Gasteiger partial charge on any atom is 0.573 e. The van der Waals surface area contributed by atoms with Crippen molar-refractivity contribution >= 4 is 5.97 Å². The molecule has 1 rings (SSSR count). The topological polar surface area (TPSA) is 66.8 Å². The Morgan fingerprint density at radius 2 is 1.70 bits per heavy atom. The molecule has 112 valence electrons. The van der Waals surface area contributed by atoms with E-state index in [1.807, 2.05) is 0 Å². The van der Waals surface area contributed by atoms with Crippen molar-refractivity contribution in [2.75, 3.05) is 0 Å². The highest BCUT2D eigenvalue weighted by atomic mass is 19.4. The summed E-state index contributed by atoms with van der Waals surface area (Å²) in [6.07, 6.45) is -12.8. The van der Waals surface area contributed by atoms with Gasteiger partial charge < -0.3 is 14.9 Å². The molecule has 0 spiro atoms. The van der Waals surface area contributed by atoms with Crippen LogP contribution < -0.4 is 4.74 Å². The van der Waals surface area contributed by atoms with Gasteiger partial charge in [-0.05, 0) is 17.7 Å². The first-order chi connectivity index (χ1) is 8.92. The van der Waals surface area contributed by atoms with Crippen LogP contribution in [0.1, 0.15) is 17.2 Å². The van der Waals surface area contributed by atoms with E-state index in [1.165, 1.54) is 0 Å². The first-order valence-electron chi connectivity index (χ1n) is 4.79. The van der Waals surface area contributed by atoms with E-state index < -0.39 is 41.5 Å². The van der Waals surface area contributed by atoms with Crippen LogP contribution in [0, 0.1) is 0 Å². The Labute approximate surface area is 107 Å². The van der Waals surface area contributed by atoms with Crippen LogP contribution in [0.2, 0.25) is 0 Å². The zero-order chi connectivity index (χ0) is 15.7. The van der Waals surface area contributed by atoms with Gasteiger partial charge in [0.05, 0.1) is 5.56 Å². The monoisotopic (exact) mass is 304 g/mol. The molecule has 0 aliphatic heterocycles. The number of aliphatic hydroxyl groups is 1. The van der Waals surface area contributed by atoms with Crippen molar-refractivity contribution in [2.24, 2.45) is 0 Å². The molecule has 0 aromatic heterocycles. The summed E-state index contributed by atoms with van der Waals surface area (Å²) in [6.45, 7) is 0. The summed E-state index contributed by atoms with van der Waals surface area (Å²) in [6, 6.07) is 0.965. The molecule has 0 bridgehead atoms. The summed E-state index contributed by atoms with van der Waals surface area (Å²) in [5, 5.41) is 17.5. The van der Waals surface area contributed by atoms with E-state index >= 15 is 0 Å². The zero-order valence-corrected chi connectivity index (χ0v) is 9.29. The van der Waals surface area contributed by atoms with E-state index in [0.717, 1.165) is 0 Å². The standard InChI is InChI=1S/C10H6F6O4/c11-9(12,13)5-3-4(7(17)8(18)19)1-2-6(5)20-10(14,15)16/h1-3,7,17H,(H,18,19). The van der Waals surface area contributed by atoms with Gasteiger partial charge in [-0.1, -0.05) is 6.07 Å². The molecule has 0 saturated heterocycles. The smallest absolute Gasteiger partial charge is 0.479 e. The third-order valence-electron chi connectivity index (χ3n) is 2.08. The van der Waals surface area contributed by atoms with Gasteiger partial charge >= 0.3 is 18.5 Å². The minimum Gasteiger partial charge on any atom is -0.479 e. The third-order valence-corrected chi connectivity index (χ3v) is 2.08. The van der Waals surface area contributed by atoms with Crippen LogP contribution in [0.15, 0.2) is 18.2 Å². The molecular weight excluding hydrogens is 298 g/mol. The molecule has 10 heteroatoms. The van der Waals surface area contributed by atoms with Gasteiger partial charge in [0, 0.05) is 0 Å². The lowest BCUT2D eigenvalue weighted by Gasteiger charge is -2.17. The number of aliphatic carboxylic acids is 1. The predicted octanol–water partition coefficient (Wildman–Crippen LogP) is 2.72. The Bertz CT molecular complexity index is 507. The van der Waals surface area contributed by atoms with E-state index in [4.69, 9.17) is 10.2 Å². The largest absolute Gasteiger partial charge is 0.573 e. The Kier molecular flexibility index (Phi) is 4.18. The second-order valence-corrected chi connectivity index (χ2v) is 3.54. The number of halogens is 6. The molecule has 0 saturated carbocycles. The number of hydrogen-bond acceptors (Lipinski definition) is 3. The lowest BCUT2D eigenvalue weighted by molar-refractivity contribution is -0.276. The number of carboxylic acids is 1. The number of carbonyl (C=O) groups is 1. The SMILES string of the molecule is O=C(O)C(O)c1ccc(OC(F)(F)F)c(C(F)(F)F)c1. The van der Waals surface area contributed by atoms with Gasteiger partial charge in [0.15, 0.2) is 6.10 Å². The van der Waals surface area contributed by atoms with Crippen LogP contribution in [0.4, 0.5) is 26.3 Å². The number of ether oxygens (including phenoxy) is 1. The number of benzene rings is 1. The molecule has 1 unspecified atom stereocenters. The highest BCUT2D eigenvalue weighted by Gasteiger charge is 2.40. The molecule has 4 nitrogen and oxygen atoms in total. The highest BCUT2D eigenvalue weighted by Crippen LogP contribution is 2.39. The average Bonchev–Trinajstić information content (AvgIpc) is 2.24. The quantitative estimate of drug-likeness (QED) is 0.843. The van der Waals surface area contributed by atoms with Gasteiger partial charge in [0.25, 0.3) is 0 Å². The first-order valence-corrected chi connectivity index (χ1v) is 4.79. The summed E-state index contributed by atoms with van der Waals surface area (Å²) >= 11 is 0. The second-order valence-electron chi connectivity index (χ2n) is 3.54. The Balaban J connectivity index is 3.31. The van der Waals surface area contributed by atoms with Crippen molar-refractivity contribution in [1.29, 1.82) is 0 Å². The van der Waals surface area contributed by atoms with E-state index in [1.54, 1.807) is 0 Å². The molecule has 1 aromatic carbocycles. The van der Waals surface area contributed by atoms with Crippen LogP contribution >= 0.6 is 0 Å². The molecular formula is C10H6F6O4. The lowest BCUT2D eigenvalue weighted by atomic mass is 10.0. The number of carboxylic acid groups (broad SMARTS) is 1. The molecule has 1 atom stereocenters. The molecule has 0 fully saturated rings. The number of aliphatic hydroxyl groups excluding tert-OH is 1. The first kappa shape index (κ1) is 16.1. The van der Waals surface area contributed by atoms with E-state index in [9.17, 15) is 31.1 Å². The minimum absolute atomic E-state index is 0.0832. The Morgan fingerprint density at radius 1 is 1.15 bits per heavy atom. The van der Waals surface area contributed by atoms with Crippen LogP contribution in [0.25, 0.3) is 0 Å². The second kappa shape index (κ2) is 5.19. The molecule has 1 aromatic rings. The van der Waals surface area contributed by atoms with Gasteiger partial charge in [-0.2, -0.15) is 13.2 Å². The van der Waals surface area contributed by atoms with E-state index in [0.29, 0.717) is 6.07 Å². The van der Waals surface area contributed by atoms with Gasteiger partial charge in [-0.3, -0.25) is 0 Å². The van der Waals surface area contributed by atoms with Crippen molar-refractivity contribution in [3.63, 3.8) is 0 Å². The van der Waals surface area contributed by atoms with Crippen molar-refractivity contribution in [3.8, 4) is 5.75 Å². The van der Waals surface area contributed by atoms with Crippen molar-refractivity contribution in [1.82, 2.24) is 0 Å². The Hall–Kier alpha value is -1.97. The van der Waals surface area contributed by atoms with Gasteiger partial charge in [-0.15, -0.1) is 13.2 Å².